The summed E-state index contributed by atoms with van der Waals surface area (Å²) in [5, 5.41) is 10.2. The molecule has 1 aromatic carbocycles. The molecule has 0 radical (unpaired) electrons. The summed E-state index contributed by atoms with van der Waals surface area (Å²) in [6.45, 7) is 1.87. The van der Waals surface area contributed by atoms with Crippen molar-refractivity contribution >= 4 is 11.6 Å². The molecule has 0 aliphatic heterocycles. The highest BCUT2D eigenvalue weighted by atomic mass is 16.2. The lowest BCUT2D eigenvalue weighted by Gasteiger charge is -2.11. The van der Waals surface area contributed by atoms with Crippen molar-refractivity contribution in [3.05, 3.63) is 36.9 Å². The normalized spacial score (nSPS) is 12.1. The van der Waals surface area contributed by atoms with E-state index < -0.39 is 6.04 Å². The number of hydrogen-bond donors (Lipinski definition) is 2. The third-order valence-corrected chi connectivity index (χ3v) is 2.61. The lowest BCUT2D eigenvalue weighted by Crippen LogP contribution is -2.34. The second-order valence-corrected chi connectivity index (χ2v) is 3.92. The molecule has 94 valence electrons. The molecule has 1 aromatic heterocycles. The SMILES string of the molecule is CC[C@H](N)C(=O)Nc1cccc(-n2cnnc2)c1. The van der Waals surface area contributed by atoms with Crippen molar-refractivity contribution in [3.8, 4) is 5.69 Å². The highest BCUT2D eigenvalue weighted by Gasteiger charge is 2.11. The molecule has 3 N–H and O–H groups in total. The average molecular weight is 245 g/mol. The van der Waals surface area contributed by atoms with Crippen LogP contribution in [0.2, 0.25) is 0 Å². The third kappa shape index (κ3) is 2.72. The molecule has 6 nitrogen and oxygen atoms in total. The summed E-state index contributed by atoms with van der Waals surface area (Å²) in [4.78, 5) is 11.7. The van der Waals surface area contributed by atoms with E-state index in [4.69, 9.17) is 5.73 Å². The Labute approximate surface area is 105 Å². The van der Waals surface area contributed by atoms with Crippen molar-refractivity contribution in [3.63, 3.8) is 0 Å². The van der Waals surface area contributed by atoms with Gasteiger partial charge in [-0.3, -0.25) is 9.36 Å². The van der Waals surface area contributed by atoms with Crippen LogP contribution in [0.4, 0.5) is 5.69 Å². The largest absolute Gasteiger partial charge is 0.325 e. The number of nitrogens with zero attached hydrogens (tertiary/aromatic N) is 3. The minimum Gasteiger partial charge on any atom is -0.325 e. The second-order valence-electron chi connectivity index (χ2n) is 3.92. The molecule has 2 aromatic rings. The van der Waals surface area contributed by atoms with Crippen LogP contribution in [0.3, 0.4) is 0 Å². The first-order chi connectivity index (χ1) is 8.70. The quantitative estimate of drug-likeness (QED) is 0.839. The first kappa shape index (κ1) is 12.3. The van der Waals surface area contributed by atoms with Gasteiger partial charge < -0.3 is 11.1 Å². The van der Waals surface area contributed by atoms with E-state index in [0.717, 1.165) is 5.69 Å². The van der Waals surface area contributed by atoms with E-state index in [1.54, 1.807) is 17.2 Å². The van der Waals surface area contributed by atoms with Crippen LogP contribution in [0.1, 0.15) is 13.3 Å². The first-order valence-corrected chi connectivity index (χ1v) is 5.72. The number of nitrogens with one attached hydrogen (secondary N) is 1. The van der Waals surface area contributed by atoms with Crippen molar-refractivity contribution in [1.29, 1.82) is 0 Å². The van der Waals surface area contributed by atoms with E-state index in [9.17, 15) is 4.79 Å². The highest BCUT2D eigenvalue weighted by molar-refractivity contribution is 5.94. The Morgan fingerprint density at radius 2 is 2.17 bits per heavy atom. The average Bonchev–Trinajstić information content (AvgIpc) is 2.92. The van der Waals surface area contributed by atoms with E-state index in [1.807, 2.05) is 31.2 Å². The van der Waals surface area contributed by atoms with Crippen LogP contribution in [0, 0.1) is 0 Å². The number of benzene rings is 1. The monoisotopic (exact) mass is 245 g/mol. The maximum Gasteiger partial charge on any atom is 0.241 e. The van der Waals surface area contributed by atoms with Gasteiger partial charge in [-0.15, -0.1) is 10.2 Å². The van der Waals surface area contributed by atoms with Crippen molar-refractivity contribution in [2.24, 2.45) is 5.73 Å². The van der Waals surface area contributed by atoms with Crippen LogP contribution < -0.4 is 11.1 Å². The van der Waals surface area contributed by atoms with Crippen LogP contribution in [-0.2, 0) is 4.79 Å². The summed E-state index contributed by atoms with van der Waals surface area (Å²) in [5.41, 5.74) is 7.24. The zero-order chi connectivity index (χ0) is 13.0. The zero-order valence-corrected chi connectivity index (χ0v) is 10.1. The van der Waals surface area contributed by atoms with Gasteiger partial charge in [0.05, 0.1) is 11.7 Å². The number of hydrogen-bond acceptors (Lipinski definition) is 4. The van der Waals surface area contributed by atoms with Gasteiger partial charge in [0.25, 0.3) is 0 Å². The lowest BCUT2D eigenvalue weighted by atomic mass is 10.2. The van der Waals surface area contributed by atoms with E-state index in [0.29, 0.717) is 12.1 Å². The molecule has 0 aliphatic carbocycles. The fourth-order valence-corrected chi connectivity index (χ4v) is 1.50. The molecule has 2 rings (SSSR count). The summed E-state index contributed by atoms with van der Waals surface area (Å²) in [6, 6.07) is 6.92. The zero-order valence-electron chi connectivity index (χ0n) is 10.1. The molecule has 1 amide bonds. The predicted molar refractivity (Wildman–Crippen MR) is 68.3 cm³/mol. The summed E-state index contributed by atoms with van der Waals surface area (Å²) >= 11 is 0. The van der Waals surface area contributed by atoms with Gasteiger partial charge in [0.2, 0.25) is 5.91 Å². The Kier molecular flexibility index (Phi) is 3.69. The minimum absolute atomic E-state index is 0.182. The topological polar surface area (TPSA) is 85.8 Å². The molecule has 1 atom stereocenters. The number of carbonyl (C=O) groups excluding carboxylic acids is 1. The molecule has 0 saturated carbocycles. The fraction of sp³-hybridized carbons (Fsp3) is 0.250. The van der Waals surface area contributed by atoms with Gasteiger partial charge in [-0.05, 0) is 24.6 Å². The van der Waals surface area contributed by atoms with Crippen LogP contribution in [0.15, 0.2) is 36.9 Å². The number of nitrogens with two attached hydrogens (primary N) is 1. The summed E-state index contributed by atoms with van der Waals surface area (Å²) < 4.78 is 1.76. The number of carbonyl (C=O) groups is 1. The second kappa shape index (κ2) is 5.42. The van der Waals surface area contributed by atoms with Gasteiger partial charge in [0.15, 0.2) is 0 Å². The van der Waals surface area contributed by atoms with Crippen LogP contribution >= 0.6 is 0 Å². The van der Waals surface area contributed by atoms with E-state index in [2.05, 4.69) is 15.5 Å². The van der Waals surface area contributed by atoms with Gasteiger partial charge in [-0.1, -0.05) is 13.0 Å². The molecular weight excluding hydrogens is 230 g/mol. The van der Waals surface area contributed by atoms with Crippen molar-refractivity contribution < 1.29 is 4.79 Å². The molecule has 0 saturated heterocycles. The third-order valence-electron chi connectivity index (χ3n) is 2.61. The molecule has 0 bridgehead atoms. The van der Waals surface area contributed by atoms with E-state index in [1.165, 1.54) is 0 Å². The van der Waals surface area contributed by atoms with Crippen molar-refractivity contribution in [2.75, 3.05) is 5.32 Å². The molecular formula is C12H15N5O. The molecule has 0 unspecified atom stereocenters. The molecule has 18 heavy (non-hydrogen) atoms. The van der Waals surface area contributed by atoms with Gasteiger partial charge in [-0.2, -0.15) is 0 Å². The van der Waals surface area contributed by atoms with Gasteiger partial charge >= 0.3 is 0 Å². The molecule has 1 heterocycles. The summed E-state index contributed by atoms with van der Waals surface area (Å²) in [6.07, 6.45) is 3.80. The van der Waals surface area contributed by atoms with Crippen LogP contribution in [-0.4, -0.2) is 26.7 Å². The smallest absolute Gasteiger partial charge is 0.241 e. The van der Waals surface area contributed by atoms with Crippen LogP contribution in [0.25, 0.3) is 5.69 Å². The van der Waals surface area contributed by atoms with Gasteiger partial charge in [0.1, 0.15) is 12.7 Å². The van der Waals surface area contributed by atoms with Crippen molar-refractivity contribution in [1.82, 2.24) is 14.8 Å². The molecule has 0 fully saturated rings. The van der Waals surface area contributed by atoms with E-state index >= 15 is 0 Å². The Morgan fingerprint density at radius 3 is 2.83 bits per heavy atom. The van der Waals surface area contributed by atoms with Gasteiger partial charge in [-0.25, -0.2) is 0 Å². The maximum absolute atomic E-state index is 11.7. The van der Waals surface area contributed by atoms with E-state index in [-0.39, 0.29) is 5.91 Å². The Morgan fingerprint density at radius 1 is 1.44 bits per heavy atom. The lowest BCUT2D eigenvalue weighted by molar-refractivity contribution is -0.117. The minimum atomic E-state index is -0.483. The molecule has 0 spiro atoms. The number of anilines is 1. The van der Waals surface area contributed by atoms with Crippen LogP contribution in [0.5, 0.6) is 0 Å². The Bertz CT molecular complexity index is 523. The number of amides is 1. The maximum atomic E-state index is 11.7. The molecule has 6 heteroatoms. The fourth-order valence-electron chi connectivity index (χ4n) is 1.50. The first-order valence-electron chi connectivity index (χ1n) is 5.72. The Hall–Kier alpha value is -2.21. The summed E-state index contributed by atoms with van der Waals surface area (Å²) in [7, 11) is 0. The van der Waals surface area contributed by atoms with Gasteiger partial charge in [0, 0.05) is 5.69 Å². The predicted octanol–water partition coefficient (Wildman–Crippen LogP) is 0.943. The highest BCUT2D eigenvalue weighted by Crippen LogP contribution is 2.14. The standard InChI is InChI=1S/C12H15N5O/c1-2-11(13)12(18)16-9-4-3-5-10(6-9)17-7-14-15-8-17/h3-8,11H,2,13H2,1H3,(H,16,18)/t11-/m0/s1. The number of aromatic nitrogens is 3. The van der Waals surface area contributed by atoms with Crippen molar-refractivity contribution in [2.45, 2.75) is 19.4 Å². The summed E-state index contributed by atoms with van der Waals surface area (Å²) in [5.74, 6) is -0.182. The Balaban J connectivity index is 2.16. The molecule has 0 aliphatic rings. The number of rotatable bonds is 4.